The minimum atomic E-state index is -0.933. The van der Waals surface area contributed by atoms with E-state index in [4.69, 9.17) is 17.3 Å². The van der Waals surface area contributed by atoms with E-state index in [1.807, 2.05) is 0 Å². The van der Waals surface area contributed by atoms with Gasteiger partial charge in [-0.05, 0) is 35.4 Å². The molecule has 2 amide bonds. The summed E-state index contributed by atoms with van der Waals surface area (Å²) in [5.74, 6) is -2.81. The van der Waals surface area contributed by atoms with E-state index >= 15 is 0 Å². The standard InChI is InChI=1S/C17H15ClF2N2O2/c18-12-3-1-10(2-4-12)7-15(17(21)24)22-16(23)8-11-5-13(19)9-14(20)6-11/h1-6,9,15H,7-8H2,(H2,21,24)(H,22,23)/t15-/m0/s1. The summed E-state index contributed by atoms with van der Waals surface area (Å²) < 4.78 is 26.3. The zero-order valence-corrected chi connectivity index (χ0v) is 13.3. The van der Waals surface area contributed by atoms with Crippen molar-refractivity contribution in [3.8, 4) is 0 Å². The number of hydrogen-bond donors (Lipinski definition) is 2. The Hall–Kier alpha value is -2.47. The number of benzene rings is 2. The summed E-state index contributed by atoms with van der Waals surface area (Å²) in [6.07, 6.45) is -0.0746. The smallest absolute Gasteiger partial charge is 0.240 e. The molecule has 1 atom stereocenters. The Morgan fingerprint density at radius 2 is 1.62 bits per heavy atom. The van der Waals surface area contributed by atoms with Gasteiger partial charge in [0.15, 0.2) is 0 Å². The van der Waals surface area contributed by atoms with E-state index in [9.17, 15) is 18.4 Å². The molecule has 126 valence electrons. The molecule has 0 aliphatic heterocycles. The fourth-order valence-corrected chi connectivity index (χ4v) is 2.35. The average molecular weight is 353 g/mol. The molecule has 3 N–H and O–H groups in total. The van der Waals surface area contributed by atoms with Gasteiger partial charge in [-0.3, -0.25) is 9.59 Å². The molecule has 2 aromatic rings. The molecule has 0 aromatic heterocycles. The second kappa shape index (κ2) is 7.88. The molecule has 0 saturated heterocycles. The molecule has 0 unspecified atom stereocenters. The SMILES string of the molecule is NC(=O)[C@H](Cc1ccc(Cl)cc1)NC(=O)Cc1cc(F)cc(F)c1. The molecule has 4 nitrogen and oxygen atoms in total. The van der Waals surface area contributed by atoms with E-state index in [2.05, 4.69) is 5.32 Å². The molecule has 0 radical (unpaired) electrons. The van der Waals surface area contributed by atoms with Gasteiger partial charge in [0.1, 0.15) is 17.7 Å². The lowest BCUT2D eigenvalue weighted by molar-refractivity contribution is -0.127. The number of hydrogen-bond acceptors (Lipinski definition) is 2. The van der Waals surface area contributed by atoms with Gasteiger partial charge >= 0.3 is 0 Å². The summed E-state index contributed by atoms with van der Waals surface area (Å²) >= 11 is 5.79. The van der Waals surface area contributed by atoms with Gasteiger partial charge in [0.2, 0.25) is 11.8 Å². The van der Waals surface area contributed by atoms with E-state index in [1.165, 1.54) is 0 Å². The number of nitrogens with two attached hydrogens (primary N) is 1. The predicted molar refractivity (Wildman–Crippen MR) is 86.3 cm³/mol. The van der Waals surface area contributed by atoms with Crippen LogP contribution in [0, 0.1) is 11.6 Å². The fraction of sp³-hybridized carbons (Fsp3) is 0.176. The van der Waals surface area contributed by atoms with Crippen molar-refractivity contribution in [3.63, 3.8) is 0 Å². The van der Waals surface area contributed by atoms with Gasteiger partial charge in [-0.1, -0.05) is 23.7 Å². The molecular weight excluding hydrogens is 338 g/mol. The van der Waals surface area contributed by atoms with Crippen molar-refractivity contribution in [3.05, 3.63) is 70.2 Å². The monoisotopic (exact) mass is 352 g/mol. The van der Waals surface area contributed by atoms with E-state index in [0.29, 0.717) is 11.1 Å². The Kier molecular flexibility index (Phi) is 5.87. The number of rotatable bonds is 6. The molecule has 0 bridgehead atoms. The van der Waals surface area contributed by atoms with E-state index in [1.54, 1.807) is 24.3 Å². The molecule has 24 heavy (non-hydrogen) atoms. The van der Waals surface area contributed by atoms with E-state index in [-0.39, 0.29) is 18.4 Å². The zero-order chi connectivity index (χ0) is 17.7. The van der Waals surface area contributed by atoms with Crippen molar-refractivity contribution < 1.29 is 18.4 Å². The quantitative estimate of drug-likeness (QED) is 0.837. The van der Waals surface area contributed by atoms with Gasteiger partial charge in [0.05, 0.1) is 6.42 Å². The summed E-state index contributed by atoms with van der Waals surface area (Å²) in [5, 5.41) is 3.02. The van der Waals surface area contributed by atoms with Crippen molar-refractivity contribution >= 4 is 23.4 Å². The summed E-state index contributed by atoms with van der Waals surface area (Å²) in [4.78, 5) is 23.5. The van der Waals surface area contributed by atoms with Crippen molar-refractivity contribution in [2.75, 3.05) is 0 Å². The van der Waals surface area contributed by atoms with Gasteiger partial charge in [0, 0.05) is 17.5 Å². The molecule has 7 heteroatoms. The molecule has 0 aliphatic carbocycles. The Morgan fingerprint density at radius 1 is 1.04 bits per heavy atom. The minimum Gasteiger partial charge on any atom is -0.368 e. The van der Waals surface area contributed by atoms with Crippen LogP contribution in [0.2, 0.25) is 5.02 Å². The van der Waals surface area contributed by atoms with Crippen LogP contribution in [-0.4, -0.2) is 17.9 Å². The van der Waals surface area contributed by atoms with E-state index in [0.717, 1.165) is 17.7 Å². The van der Waals surface area contributed by atoms with Gasteiger partial charge in [-0.2, -0.15) is 0 Å². The molecule has 2 rings (SSSR count). The lowest BCUT2D eigenvalue weighted by Gasteiger charge is -2.16. The van der Waals surface area contributed by atoms with Gasteiger partial charge < -0.3 is 11.1 Å². The van der Waals surface area contributed by atoms with Gasteiger partial charge in [-0.15, -0.1) is 0 Å². The van der Waals surface area contributed by atoms with Crippen LogP contribution in [-0.2, 0) is 22.4 Å². The number of halogens is 3. The third-order valence-corrected chi connectivity index (χ3v) is 3.57. The molecular formula is C17H15ClF2N2O2. The number of nitrogens with one attached hydrogen (secondary N) is 1. The van der Waals surface area contributed by atoms with Gasteiger partial charge in [-0.25, -0.2) is 8.78 Å². The topological polar surface area (TPSA) is 72.2 Å². The van der Waals surface area contributed by atoms with Crippen molar-refractivity contribution in [2.24, 2.45) is 5.73 Å². The first kappa shape index (κ1) is 17.9. The number of carbonyl (C=O) groups excluding carboxylic acids is 2. The van der Waals surface area contributed by atoms with Crippen LogP contribution >= 0.6 is 11.6 Å². The molecule has 0 saturated carbocycles. The van der Waals surface area contributed by atoms with Crippen molar-refractivity contribution in [2.45, 2.75) is 18.9 Å². The summed E-state index contributed by atoms with van der Waals surface area (Å²) in [7, 11) is 0. The third-order valence-electron chi connectivity index (χ3n) is 3.32. The van der Waals surface area contributed by atoms with Crippen LogP contribution in [0.1, 0.15) is 11.1 Å². The maximum Gasteiger partial charge on any atom is 0.240 e. The van der Waals surface area contributed by atoms with Crippen LogP contribution in [0.15, 0.2) is 42.5 Å². The zero-order valence-electron chi connectivity index (χ0n) is 12.6. The first-order valence-corrected chi connectivity index (χ1v) is 7.49. The molecule has 0 aliphatic rings. The first-order valence-electron chi connectivity index (χ1n) is 7.11. The number of primary amides is 1. The largest absolute Gasteiger partial charge is 0.368 e. The van der Waals surface area contributed by atoms with Crippen LogP contribution in [0.5, 0.6) is 0 Å². The second-order valence-electron chi connectivity index (χ2n) is 5.31. The Morgan fingerprint density at radius 3 is 2.17 bits per heavy atom. The minimum absolute atomic E-state index is 0.166. The highest BCUT2D eigenvalue weighted by Crippen LogP contribution is 2.12. The van der Waals surface area contributed by atoms with Crippen LogP contribution < -0.4 is 11.1 Å². The molecule has 0 fully saturated rings. The maximum atomic E-state index is 13.1. The Labute approximate surface area is 142 Å². The second-order valence-corrected chi connectivity index (χ2v) is 5.74. The maximum absolute atomic E-state index is 13.1. The molecule has 0 spiro atoms. The first-order chi connectivity index (χ1) is 11.3. The van der Waals surface area contributed by atoms with E-state index < -0.39 is 29.5 Å². The lowest BCUT2D eigenvalue weighted by Crippen LogP contribution is -2.46. The highest BCUT2D eigenvalue weighted by atomic mass is 35.5. The molecule has 2 aromatic carbocycles. The fourth-order valence-electron chi connectivity index (χ4n) is 2.22. The molecule has 0 heterocycles. The number of carbonyl (C=O) groups is 2. The highest BCUT2D eigenvalue weighted by molar-refractivity contribution is 6.30. The highest BCUT2D eigenvalue weighted by Gasteiger charge is 2.19. The van der Waals surface area contributed by atoms with Gasteiger partial charge in [0.25, 0.3) is 0 Å². The summed E-state index contributed by atoms with van der Waals surface area (Å²) in [6, 6.07) is 8.64. The normalized spacial score (nSPS) is 11.8. The van der Waals surface area contributed by atoms with Crippen LogP contribution in [0.25, 0.3) is 0 Å². The summed E-state index contributed by atoms with van der Waals surface area (Å²) in [6.45, 7) is 0. The van der Waals surface area contributed by atoms with Crippen LogP contribution in [0.3, 0.4) is 0 Å². The van der Waals surface area contributed by atoms with Crippen molar-refractivity contribution in [1.29, 1.82) is 0 Å². The Bertz CT molecular complexity index is 731. The summed E-state index contributed by atoms with van der Waals surface area (Å²) in [5.41, 5.74) is 6.24. The predicted octanol–water partition coefficient (Wildman–Crippen LogP) is 2.37. The van der Waals surface area contributed by atoms with Crippen molar-refractivity contribution in [1.82, 2.24) is 5.32 Å². The average Bonchev–Trinajstić information content (AvgIpc) is 2.47. The lowest BCUT2D eigenvalue weighted by atomic mass is 10.0. The van der Waals surface area contributed by atoms with Crippen LogP contribution in [0.4, 0.5) is 8.78 Å². The third kappa shape index (κ3) is 5.31. The Balaban J connectivity index is 2.02. The number of amides is 2.